The van der Waals surface area contributed by atoms with Gasteiger partial charge in [-0.3, -0.25) is 20.0 Å². The van der Waals surface area contributed by atoms with Gasteiger partial charge in [0.25, 0.3) is 11.8 Å². The van der Waals surface area contributed by atoms with E-state index in [2.05, 4.69) is 0 Å². The van der Waals surface area contributed by atoms with E-state index in [-0.39, 0.29) is 25.5 Å². The summed E-state index contributed by atoms with van der Waals surface area (Å²) < 4.78 is 3.04. The van der Waals surface area contributed by atoms with Gasteiger partial charge in [0, 0.05) is 5.69 Å². The monoisotopic (exact) mass is 431 g/mol. The number of amides is 2. The van der Waals surface area contributed by atoms with Crippen molar-refractivity contribution >= 4 is 28.9 Å². The number of aryl methyl sites for hydroxylation is 1. The van der Waals surface area contributed by atoms with Crippen molar-refractivity contribution in [1.29, 1.82) is 0 Å². The lowest BCUT2D eigenvalue weighted by Gasteiger charge is -2.14. The van der Waals surface area contributed by atoms with Crippen molar-refractivity contribution in [3.63, 3.8) is 0 Å². The van der Waals surface area contributed by atoms with Gasteiger partial charge >= 0.3 is 0 Å². The number of nitrogens with zero attached hydrogens (tertiary/aromatic N) is 4. The van der Waals surface area contributed by atoms with E-state index >= 15 is 0 Å². The molecule has 1 aromatic heterocycles. The molecular weight excluding hydrogens is 410 g/mol. The number of hydroxylamine groups is 2. The molecule has 0 spiro atoms. The first-order chi connectivity index (χ1) is 13.8. The van der Waals surface area contributed by atoms with Crippen LogP contribution < -0.4 is 32.8 Å². The number of nitrogens with two attached hydrogens (primary N) is 1. The molecular formula is C20H22ClN5O4. The molecule has 0 saturated carbocycles. The minimum absolute atomic E-state index is 0. The summed E-state index contributed by atoms with van der Waals surface area (Å²) in [5, 5.41) is 21.2. The van der Waals surface area contributed by atoms with Crippen LogP contribution in [0.25, 0.3) is 0 Å². The summed E-state index contributed by atoms with van der Waals surface area (Å²) in [6, 6.07) is 13.1. The lowest BCUT2D eigenvalue weighted by molar-refractivity contribution is -0.683. The molecule has 9 nitrogen and oxygen atoms in total. The molecule has 30 heavy (non-hydrogen) atoms. The molecule has 0 bridgehead atoms. The van der Waals surface area contributed by atoms with Crippen molar-refractivity contribution in [2.45, 2.75) is 20.0 Å². The number of halogens is 1. The van der Waals surface area contributed by atoms with Crippen LogP contribution in [0, 0.1) is 6.92 Å². The third-order valence-corrected chi connectivity index (χ3v) is 4.27. The van der Waals surface area contributed by atoms with E-state index in [0.29, 0.717) is 27.2 Å². The molecule has 2 amide bonds. The third kappa shape index (κ3) is 5.57. The van der Waals surface area contributed by atoms with Crippen LogP contribution in [-0.2, 0) is 22.7 Å². The van der Waals surface area contributed by atoms with E-state index in [9.17, 15) is 20.0 Å². The molecule has 0 unspecified atom stereocenters. The van der Waals surface area contributed by atoms with E-state index in [0.717, 1.165) is 5.56 Å². The Morgan fingerprint density at radius 2 is 1.50 bits per heavy atom. The smallest absolute Gasteiger partial charge is 0.292 e. The van der Waals surface area contributed by atoms with Crippen molar-refractivity contribution in [3.8, 4) is 0 Å². The summed E-state index contributed by atoms with van der Waals surface area (Å²) in [6.07, 6.45) is 4.73. The van der Waals surface area contributed by atoms with Crippen LogP contribution in [0.5, 0.6) is 0 Å². The van der Waals surface area contributed by atoms with Gasteiger partial charge in [-0.15, -0.1) is 0 Å². The van der Waals surface area contributed by atoms with E-state index < -0.39 is 11.8 Å². The van der Waals surface area contributed by atoms with Gasteiger partial charge < -0.3 is 18.1 Å². The predicted octanol–water partition coefficient (Wildman–Crippen LogP) is -1.48. The van der Waals surface area contributed by atoms with Crippen LogP contribution in [0.2, 0.25) is 0 Å². The molecule has 0 aliphatic heterocycles. The van der Waals surface area contributed by atoms with Gasteiger partial charge in [-0.1, -0.05) is 17.7 Å². The number of anilines is 3. The lowest BCUT2D eigenvalue weighted by Crippen LogP contribution is -3.00. The summed E-state index contributed by atoms with van der Waals surface area (Å²) in [5.74, 6) is -1.10. The van der Waals surface area contributed by atoms with Crippen LogP contribution in [0.3, 0.4) is 0 Å². The number of aromatic nitrogens is 2. The van der Waals surface area contributed by atoms with Gasteiger partial charge in [-0.2, -0.15) is 10.1 Å². The lowest BCUT2D eigenvalue weighted by atomic mass is 10.2. The number of hydrogen-bond donors (Lipinski definition) is 3. The van der Waals surface area contributed by atoms with E-state index in [1.165, 1.54) is 27.6 Å². The Kier molecular flexibility index (Phi) is 7.54. The molecule has 4 N–H and O–H groups in total. The third-order valence-electron chi connectivity index (χ3n) is 4.27. The Balaban J connectivity index is 0.00000320. The number of nitrogen functional groups attached to an aromatic ring is 1. The molecule has 0 radical (unpaired) electrons. The molecule has 10 heteroatoms. The molecule has 1 heterocycles. The van der Waals surface area contributed by atoms with E-state index in [1.807, 2.05) is 6.92 Å². The molecule has 3 rings (SSSR count). The van der Waals surface area contributed by atoms with Gasteiger partial charge in [0.1, 0.15) is 12.4 Å². The Hall–Kier alpha value is -3.40. The van der Waals surface area contributed by atoms with Crippen LogP contribution in [0.1, 0.15) is 5.56 Å². The van der Waals surface area contributed by atoms with Crippen molar-refractivity contribution in [3.05, 3.63) is 72.8 Å². The van der Waals surface area contributed by atoms with Crippen LogP contribution in [0.4, 0.5) is 17.1 Å². The SMILES string of the molecule is Cc1ccc(N(O)C(=O)Cn2cc[n+](CC(=O)N(O)c3ccc(N)cc3)c2)cc1.[Cl-]. The Morgan fingerprint density at radius 1 is 0.967 bits per heavy atom. The zero-order valence-electron chi connectivity index (χ0n) is 16.2. The Morgan fingerprint density at radius 3 is 2.10 bits per heavy atom. The number of carbonyl (C=O) groups is 2. The Labute approximate surface area is 179 Å². The zero-order valence-corrected chi connectivity index (χ0v) is 17.0. The second-order valence-corrected chi connectivity index (χ2v) is 6.60. The second kappa shape index (κ2) is 9.88. The minimum atomic E-state index is -0.563. The Bertz CT molecular complexity index is 925. The first-order valence-electron chi connectivity index (χ1n) is 8.84. The van der Waals surface area contributed by atoms with Crippen LogP contribution >= 0.6 is 0 Å². The highest BCUT2D eigenvalue weighted by Crippen LogP contribution is 2.15. The highest BCUT2D eigenvalue weighted by atomic mass is 35.5. The largest absolute Gasteiger partial charge is 1.00 e. The standard InChI is InChI=1S/C20H22N5O4.ClH/c1-15-2-6-17(7-3-15)24(28)19(26)12-22-10-11-23(14-22)13-20(27)25(29)18-8-4-16(21)5-9-18;/h2-11,14,28-29H,12-13,21H2,1H3;1H/q+1;/p-1. The molecule has 0 aliphatic rings. The van der Waals surface area contributed by atoms with Crippen molar-refractivity contribution in [2.24, 2.45) is 0 Å². The summed E-state index contributed by atoms with van der Waals surface area (Å²) in [5.41, 5.74) is 7.80. The number of carbonyl (C=O) groups excluding carboxylic acids is 2. The highest BCUT2D eigenvalue weighted by Gasteiger charge is 2.20. The van der Waals surface area contributed by atoms with Gasteiger partial charge in [0.15, 0.2) is 13.1 Å². The average Bonchev–Trinajstić information content (AvgIpc) is 3.14. The first-order valence-corrected chi connectivity index (χ1v) is 8.84. The van der Waals surface area contributed by atoms with Gasteiger partial charge in [0.2, 0.25) is 6.33 Å². The van der Waals surface area contributed by atoms with Gasteiger partial charge in [-0.05, 0) is 43.3 Å². The fourth-order valence-corrected chi connectivity index (χ4v) is 2.66. The van der Waals surface area contributed by atoms with E-state index in [4.69, 9.17) is 5.73 Å². The molecule has 0 fully saturated rings. The average molecular weight is 432 g/mol. The zero-order chi connectivity index (χ0) is 21.0. The number of hydrogen-bond acceptors (Lipinski definition) is 5. The van der Waals surface area contributed by atoms with Crippen molar-refractivity contribution < 1.29 is 37.0 Å². The predicted molar refractivity (Wildman–Crippen MR) is 105 cm³/mol. The first kappa shape index (κ1) is 22.9. The molecule has 158 valence electrons. The molecule has 2 aromatic carbocycles. The van der Waals surface area contributed by atoms with Gasteiger partial charge in [0.05, 0.1) is 11.4 Å². The highest BCUT2D eigenvalue weighted by molar-refractivity contribution is 5.91. The maximum atomic E-state index is 12.3. The molecule has 0 saturated heterocycles. The number of rotatable bonds is 6. The topological polar surface area (TPSA) is 116 Å². The normalized spacial score (nSPS) is 10.2. The fraction of sp³-hybridized carbons (Fsp3) is 0.150. The maximum absolute atomic E-state index is 12.3. The number of benzene rings is 2. The van der Waals surface area contributed by atoms with Crippen molar-refractivity contribution in [2.75, 3.05) is 15.9 Å². The van der Waals surface area contributed by atoms with Gasteiger partial charge in [-0.25, -0.2) is 9.13 Å². The molecule has 0 aliphatic carbocycles. The summed E-state index contributed by atoms with van der Waals surface area (Å²) in [4.78, 5) is 24.5. The maximum Gasteiger partial charge on any atom is 0.292 e. The second-order valence-electron chi connectivity index (χ2n) is 6.60. The van der Waals surface area contributed by atoms with Crippen LogP contribution in [-0.4, -0.2) is 26.8 Å². The summed E-state index contributed by atoms with van der Waals surface area (Å²) in [6.45, 7) is 1.66. The summed E-state index contributed by atoms with van der Waals surface area (Å²) in [7, 11) is 0. The van der Waals surface area contributed by atoms with Crippen molar-refractivity contribution in [1.82, 2.24) is 4.57 Å². The molecule has 3 aromatic rings. The summed E-state index contributed by atoms with van der Waals surface area (Å²) >= 11 is 0. The fourth-order valence-electron chi connectivity index (χ4n) is 2.66. The van der Waals surface area contributed by atoms with Crippen LogP contribution in [0.15, 0.2) is 67.3 Å². The number of imidazole rings is 1. The quantitative estimate of drug-likeness (QED) is 0.190. The van der Waals surface area contributed by atoms with E-state index in [1.54, 1.807) is 48.8 Å². The minimum Gasteiger partial charge on any atom is -1.00 e. The molecule has 0 atom stereocenters.